The van der Waals surface area contributed by atoms with E-state index in [4.69, 9.17) is 72.2 Å². The number of amides is 2. The molecule has 4 rings (SSSR count). The maximum Gasteiger partial charge on any atom is 0.411 e. The van der Waals surface area contributed by atoms with Gasteiger partial charge in [-0.05, 0) is 62.1 Å². The average molecular weight is 710 g/mol. The molecule has 44 heavy (non-hydrogen) atoms. The molecule has 0 aliphatic carbocycles. The molecule has 2 unspecified atom stereocenters. The first kappa shape index (κ1) is 34.2. The Labute approximate surface area is 279 Å². The Kier molecular flexibility index (Phi) is 10.4. The fourth-order valence-corrected chi connectivity index (χ4v) is 5.89. The summed E-state index contributed by atoms with van der Waals surface area (Å²) in [5, 5.41) is 11.1. The Morgan fingerprint density at radius 3 is 2.23 bits per heavy atom. The average Bonchev–Trinajstić information content (AvgIpc) is 2.90. The molecule has 0 saturated carbocycles. The van der Waals surface area contributed by atoms with Crippen molar-refractivity contribution in [3.8, 4) is 11.6 Å². The Bertz CT molecular complexity index is 1450. The van der Waals surface area contributed by atoms with Crippen molar-refractivity contribution in [2.75, 3.05) is 26.3 Å². The van der Waals surface area contributed by atoms with Crippen LogP contribution < -0.4 is 9.47 Å². The number of alkyl halides is 3. The Balaban J connectivity index is 1.54. The third-order valence-electron chi connectivity index (χ3n) is 7.37. The van der Waals surface area contributed by atoms with Crippen LogP contribution in [0.3, 0.4) is 0 Å². The van der Waals surface area contributed by atoms with Crippen molar-refractivity contribution in [1.82, 2.24) is 14.8 Å². The van der Waals surface area contributed by atoms with Crippen molar-refractivity contribution in [3.05, 3.63) is 57.2 Å². The zero-order valence-electron chi connectivity index (χ0n) is 24.2. The van der Waals surface area contributed by atoms with Crippen LogP contribution in [0, 0.1) is 6.92 Å². The van der Waals surface area contributed by atoms with E-state index >= 15 is 0 Å². The smallest absolute Gasteiger partial charge is 0.411 e. The molecular weight excluding hydrogens is 680 g/mol. The predicted molar refractivity (Wildman–Crippen MR) is 168 cm³/mol. The summed E-state index contributed by atoms with van der Waals surface area (Å²) in [6, 6.07) is 5.15. The first-order valence-corrected chi connectivity index (χ1v) is 15.4. The van der Waals surface area contributed by atoms with Gasteiger partial charge in [0.15, 0.2) is 11.4 Å². The molecule has 0 radical (unpaired) electrons. The van der Waals surface area contributed by atoms with Crippen LogP contribution in [0.1, 0.15) is 38.3 Å². The molecule has 3 heterocycles. The van der Waals surface area contributed by atoms with Gasteiger partial charge in [-0.1, -0.05) is 58.0 Å². The van der Waals surface area contributed by atoms with Crippen LogP contribution in [0.5, 0.6) is 11.6 Å². The molecule has 2 atom stereocenters. The van der Waals surface area contributed by atoms with Crippen molar-refractivity contribution in [2.45, 2.75) is 55.6 Å². The topological polar surface area (TPSA) is 119 Å². The largest absolute Gasteiger partial charge is 0.487 e. The van der Waals surface area contributed by atoms with Crippen molar-refractivity contribution < 1.29 is 33.7 Å². The summed E-state index contributed by atoms with van der Waals surface area (Å²) in [7, 11) is 0. The van der Waals surface area contributed by atoms with Crippen LogP contribution in [0.15, 0.2) is 36.0 Å². The molecule has 15 heteroatoms. The van der Waals surface area contributed by atoms with Gasteiger partial charge in [0.25, 0.3) is 0 Å². The standard InChI is InChI=1S/C29H30Cl5N3O7/c1-15-9-20(30)25(21(31)10-15)43-8-7-42-23-6-5-17(12-35-23)19-11-18-13-36(16(2)38)14-22(24(19)26(39)40)37(18)27(41)44-28(3,4)29(32,33)34/h5-6,9-10,12,18,22H,7-8,11,13-14H2,1-4H3,(H,39,40). The van der Waals surface area contributed by atoms with Crippen molar-refractivity contribution in [1.29, 1.82) is 0 Å². The lowest BCUT2D eigenvalue weighted by Gasteiger charge is -2.50. The van der Waals surface area contributed by atoms with E-state index in [0.29, 0.717) is 26.9 Å². The number of carboxylic acid groups (broad SMARTS) is 1. The Morgan fingerprint density at radius 1 is 1.05 bits per heavy atom. The highest BCUT2D eigenvalue weighted by atomic mass is 35.6. The summed E-state index contributed by atoms with van der Waals surface area (Å²) in [5.74, 6) is -0.854. The summed E-state index contributed by atoms with van der Waals surface area (Å²) >= 11 is 30.5. The number of benzene rings is 1. The van der Waals surface area contributed by atoms with E-state index in [2.05, 4.69) is 4.98 Å². The molecule has 1 aromatic heterocycles. The molecule has 2 aliphatic heterocycles. The van der Waals surface area contributed by atoms with Gasteiger partial charge in [0, 0.05) is 32.3 Å². The Morgan fingerprint density at radius 2 is 1.68 bits per heavy atom. The van der Waals surface area contributed by atoms with Gasteiger partial charge in [-0.25, -0.2) is 14.6 Å². The van der Waals surface area contributed by atoms with Crippen LogP contribution in [-0.2, 0) is 14.3 Å². The van der Waals surface area contributed by atoms with E-state index in [-0.39, 0.29) is 50.1 Å². The quantitative estimate of drug-likeness (QED) is 0.241. The maximum atomic E-state index is 13.4. The minimum Gasteiger partial charge on any atom is -0.487 e. The second kappa shape index (κ2) is 13.4. The number of pyridine rings is 1. The number of carbonyl (C=O) groups excluding carboxylic acids is 2. The number of nitrogens with zero attached hydrogens (tertiary/aromatic N) is 3. The zero-order valence-corrected chi connectivity index (χ0v) is 28.0. The van der Waals surface area contributed by atoms with Crippen LogP contribution in [0.25, 0.3) is 5.57 Å². The molecule has 1 aromatic carbocycles. The van der Waals surface area contributed by atoms with Crippen LogP contribution in [0.4, 0.5) is 4.79 Å². The van der Waals surface area contributed by atoms with Gasteiger partial charge in [-0.15, -0.1) is 0 Å². The third kappa shape index (κ3) is 7.42. The number of hydrogen-bond acceptors (Lipinski definition) is 7. The number of hydrogen-bond donors (Lipinski definition) is 1. The van der Waals surface area contributed by atoms with Crippen LogP contribution in [0.2, 0.25) is 10.0 Å². The number of carbonyl (C=O) groups is 3. The summed E-state index contributed by atoms with van der Waals surface area (Å²) in [6.45, 7) is 6.53. The number of carboxylic acids is 1. The van der Waals surface area contributed by atoms with Gasteiger partial charge in [0.1, 0.15) is 13.2 Å². The van der Waals surface area contributed by atoms with E-state index in [0.717, 1.165) is 5.56 Å². The second-order valence-corrected chi connectivity index (χ2v) is 14.0. The number of piperazine rings is 1. The van der Waals surface area contributed by atoms with E-state index in [1.165, 1.54) is 36.8 Å². The lowest BCUT2D eigenvalue weighted by Crippen LogP contribution is -2.65. The summed E-state index contributed by atoms with van der Waals surface area (Å²) in [6.07, 6.45) is 0.758. The van der Waals surface area contributed by atoms with Gasteiger partial charge >= 0.3 is 12.1 Å². The molecule has 10 nitrogen and oxygen atoms in total. The first-order chi connectivity index (χ1) is 20.5. The highest BCUT2D eigenvalue weighted by Crippen LogP contribution is 2.43. The van der Waals surface area contributed by atoms with E-state index < -0.39 is 33.5 Å². The highest BCUT2D eigenvalue weighted by molar-refractivity contribution is 6.68. The number of aryl methyl sites for hydroxylation is 1. The number of aliphatic carboxylic acids is 1. The van der Waals surface area contributed by atoms with Crippen molar-refractivity contribution in [3.63, 3.8) is 0 Å². The van der Waals surface area contributed by atoms with Gasteiger partial charge < -0.3 is 24.2 Å². The zero-order chi connectivity index (χ0) is 32.6. The molecule has 1 fully saturated rings. The highest BCUT2D eigenvalue weighted by Gasteiger charge is 2.51. The number of rotatable bonds is 8. The number of fused-ring (bicyclic) bond motifs is 2. The normalized spacial score (nSPS) is 18.7. The van der Waals surface area contributed by atoms with Gasteiger partial charge in [0.2, 0.25) is 15.6 Å². The van der Waals surface area contributed by atoms with Gasteiger partial charge in [-0.2, -0.15) is 0 Å². The van der Waals surface area contributed by atoms with E-state index in [9.17, 15) is 19.5 Å². The minimum absolute atomic E-state index is 0.0517. The first-order valence-electron chi connectivity index (χ1n) is 13.5. The summed E-state index contributed by atoms with van der Waals surface area (Å²) in [5.41, 5.74) is 0.326. The van der Waals surface area contributed by atoms with Crippen LogP contribution in [-0.4, -0.2) is 85.6 Å². The molecular formula is C29H30Cl5N3O7. The Hall–Kier alpha value is -2.63. The van der Waals surface area contributed by atoms with E-state index in [1.807, 2.05) is 6.92 Å². The molecule has 2 amide bonds. The SMILES string of the molecule is CC(=O)N1CC2CC(c3ccc(OCCOc4c(Cl)cc(C)cc4Cl)nc3)=C(C(=O)O)C(C1)N2C(=O)OC(C)(C)C(Cl)(Cl)Cl. The third-order valence-corrected chi connectivity index (χ3v) is 9.30. The van der Waals surface area contributed by atoms with Crippen LogP contribution >= 0.6 is 58.0 Å². The fourth-order valence-electron chi connectivity index (χ4n) is 5.07. The molecule has 0 spiro atoms. The monoisotopic (exact) mass is 707 g/mol. The molecule has 2 aliphatic rings. The van der Waals surface area contributed by atoms with Gasteiger partial charge in [0.05, 0.1) is 27.7 Å². The fraction of sp³-hybridized carbons (Fsp3) is 0.448. The van der Waals surface area contributed by atoms with Gasteiger partial charge in [-0.3, -0.25) is 9.69 Å². The number of halogens is 5. The maximum absolute atomic E-state index is 13.4. The summed E-state index contributed by atoms with van der Waals surface area (Å²) < 4.78 is 15.0. The molecule has 2 bridgehead atoms. The van der Waals surface area contributed by atoms with Crippen molar-refractivity contribution >= 4 is 81.5 Å². The van der Waals surface area contributed by atoms with Crippen molar-refractivity contribution in [2.24, 2.45) is 0 Å². The molecule has 1 N–H and O–H groups in total. The number of ether oxygens (including phenoxy) is 3. The predicted octanol–water partition coefficient (Wildman–Crippen LogP) is 6.58. The molecule has 2 aromatic rings. The lowest BCUT2D eigenvalue weighted by atomic mass is 9.82. The summed E-state index contributed by atoms with van der Waals surface area (Å²) in [4.78, 5) is 45.6. The van der Waals surface area contributed by atoms with E-state index in [1.54, 1.807) is 24.3 Å². The number of aromatic nitrogens is 1. The second-order valence-electron chi connectivity index (χ2n) is 10.9. The molecule has 1 saturated heterocycles. The molecule has 238 valence electrons. The minimum atomic E-state index is -1.95. The lowest BCUT2D eigenvalue weighted by molar-refractivity contribution is -0.137.